The molecule has 2 aliphatic heterocycles. The normalized spacial score (nSPS) is 16.0. The quantitative estimate of drug-likeness (QED) is 0.0919. The Balaban J connectivity index is 1.23. The Morgan fingerprint density at radius 3 is 2.50 bits per heavy atom. The van der Waals surface area contributed by atoms with Gasteiger partial charge in [0.2, 0.25) is 5.95 Å². The van der Waals surface area contributed by atoms with Gasteiger partial charge >= 0.3 is 0 Å². The van der Waals surface area contributed by atoms with E-state index in [0.29, 0.717) is 53.4 Å². The van der Waals surface area contributed by atoms with E-state index in [4.69, 9.17) is 20.2 Å². The second kappa shape index (κ2) is 12.4. The van der Waals surface area contributed by atoms with Crippen molar-refractivity contribution in [1.82, 2.24) is 25.2 Å². The Kier molecular flexibility index (Phi) is 8.09. The lowest BCUT2D eigenvalue weighted by molar-refractivity contribution is -0.122. The van der Waals surface area contributed by atoms with Crippen molar-refractivity contribution in [3.63, 3.8) is 0 Å². The fourth-order valence-electron chi connectivity index (χ4n) is 5.51. The third-order valence-electron chi connectivity index (χ3n) is 7.69. The second-order valence-corrected chi connectivity index (χ2v) is 10.3. The number of hydrogen-bond donors (Lipinski definition) is 2. The van der Waals surface area contributed by atoms with Crippen LogP contribution in [0.1, 0.15) is 24.1 Å². The first-order valence-electron chi connectivity index (χ1n) is 14.1. The van der Waals surface area contributed by atoms with Gasteiger partial charge < -0.3 is 14.6 Å². The van der Waals surface area contributed by atoms with E-state index in [1.807, 2.05) is 48.5 Å². The number of rotatable bonds is 11. The molecule has 0 spiro atoms. The zero-order chi connectivity index (χ0) is 28.9. The molecule has 0 unspecified atom stereocenters. The highest BCUT2D eigenvalue weighted by Crippen LogP contribution is 2.37. The van der Waals surface area contributed by atoms with Gasteiger partial charge in [-0.15, -0.1) is 0 Å². The van der Waals surface area contributed by atoms with Gasteiger partial charge in [0.1, 0.15) is 0 Å². The van der Waals surface area contributed by atoms with Gasteiger partial charge in [-0.25, -0.2) is 9.97 Å². The number of para-hydroxylation sites is 2. The molecule has 2 N–H and O–H groups in total. The van der Waals surface area contributed by atoms with Crippen LogP contribution in [0.3, 0.4) is 0 Å². The van der Waals surface area contributed by atoms with Crippen molar-refractivity contribution in [2.24, 2.45) is 5.11 Å². The summed E-state index contributed by atoms with van der Waals surface area (Å²) in [6, 6.07) is 15.3. The number of aromatic nitrogens is 3. The van der Waals surface area contributed by atoms with Gasteiger partial charge in [-0.05, 0) is 30.5 Å². The standard InChI is InChI=1S/C30H31N9O3/c31-37-33-11-5-6-17-42-18-16-38-12-14-39(15-13-38)30-34-24-10-4-2-8-21(24)27(35-30)26-25(28(40)36-29(26)41)22-19-32-23-9-3-1-7-20(22)23/h1-4,7-10,19,32H,5-6,11-18H2,(H,36,40,41). The largest absolute Gasteiger partial charge is 0.380 e. The van der Waals surface area contributed by atoms with Crippen molar-refractivity contribution >= 4 is 50.7 Å². The van der Waals surface area contributed by atoms with Crippen LogP contribution in [0.2, 0.25) is 0 Å². The van der Waals surface area contributed by atoms with Crippen molar-refractivity contribution in [3.05, 3.63) is 76.4 Å². The second-order valence-electron chi connectivity index (χ2n) is 10.3. The predicted molar refractivity (Wildman–Crippen MR) is 161 cm³/mol. The van der Waals surface area contributed by atoms with Crippen molar-refractivity contribution in [2.75, 3.05) is 57.4 Å². The lowest BCUT2D eigenvalue weighted by Gasteiger charge is -2.34. The lowest BCUT2D eigenvalue weighted by atomic mass is 9.97. The Morgan fingerprint density at radius 1 is 0.905 bits per heavy atom. The molecule has 2 aromatic carbocycles. The highest BCUT2D eigenvalue weighted by atomic mass is 16.5. The summed E-state index contributed by atoms with van der Waals surface area (Å²) in [6.07, 6.45) is 3.47. The molecule has 0 radical (unpaired) electrons. The van der Waals surface area contributed by atoms with Crippen LogP contribution in [-0.2, 0) is 14.3 Å². The molecule has 4 aromatic rings. The molecule has 2 amide bonds. The molecule has 214 valence electrons. The molecule has 4 heterocycles. The van der Waals surface area contributed by atoms with E-state index in [1.54, 1.807) is 6.20 Å². The van der Waals surface area contributed by atoms with Crippen LogP contribution in [0.15, 0.2) is 59.8 Å². The van der Waals surface area contributed by atoms with Crippen molar-refractivity contribution in [1.29, 1.82) is 0 Å². The number of imide groups is 1. The minimum absolute atomic E-state index is 0.264. The molecule has 6 rings (SSSR count). The van der Waals surface area contributed by atoms with E-state index < -0.39 is 11.8 Å². The van der Waals surface area contributed by atoms with Gasteiger partial charge in [-0.1, -0.05) is 41.5 Å². The number of nitrogens with zero attached hydrogens (tertiary/aromatic N) is 7. The number of anilines is 1. The fraction of sp³-hybridized carbons (Fsp3) is 0.333. The maximum absolute atomic E-state index is 13.3. The molecule has 2 aromatic heterocycles. The SMILES string of the molecule is [N-]=[N+]=NCCCCOCCN1CCN(c2nc(C3=C(c4c[nH]c5ccccc45)C(=O)NC3=O)c3ccccc3n2)CC1. The van der Waals surface area contributed by atoms with Crippen LogP contribution in [-0.4, -0.2) is 84.1 Å². The number of unbranched alkanes of at least 4 members (excludes halogenated alkanes) is 1. The van der Waals surface area contributed by atoms with E-state index in [1.165, 1.54) is 0 Å². The van der Waals surface area contributed by atoms with E-state index in [9.17, 15) is 9.59 Å². The zero-order valence-corrected chi connectivity index (χ0v) is 23.1. The minimum atomic E-state index is -0.460. The number of carbonyl (C=O) groups excluding carboxylic acids is 2. The van der Waals surface area contributed by atoms with Gasteiger partial charge in [-0.3, -0.25) is 19.8 Å². The maximum atomic E-state index is 13.3. The highest BCUT2D eigenvalue weighted by Gasteiger charge is 2.36. The molecule has 12 heteroatoms. The molecule has 2 aliphatic rings. The summed E-state index contributed by atoms with van der Waals surface area (Å²) in [5.74, 6) is -0.356. The van der Waals surface area contributed by atoms with Crippen molar-refractivity contribution < 1.29 is 14.3 Å². The first-order valence-corrected chi connectivity index (χ1v) is 14.1. The summed E-state index contributed by atoms with van der Waals surface area (Å²) in [4.78, 5) is 46.7. The van der Waals surface area contributed by atoms with Gasteiger partial charge in [-0.2, -0.15) is 0 Å². The Labute approximate surface area is 242 Å². The topological polar surface area (TPSA) is 152 Å². The average molecular weight is 566 g/mol. The van der Waals surface area contributed by atoms with E-state index >= 15 is 0 Å². The lowest BCUT2D eigenvalue weighted by Crippen LogP contribution is -2.48. The number of hydrogen-bond acceptors (Lipinski definition) is 8. The molecular formula is C30H31N9O3. The molecule has 0 saturated carbocycles. The summed E-state index contributed by atoms with van der Waals surface area (Å²) >= 11 is 0. The number of nitrogens with one attached hydrogen (secondary N) is 2. The third-order valence-corrected chi connectivity index (χ3v) is 7.69. The fourth-order valence-corrected chi connectivity index (χ4v) is 5.51. The summed E-state index contributed by atoms with van der Waals surface area (Å²) in [6.45, 7) is 5.74. The summed E-state index contributed by atoms with van der Waals surface area (Å²) < 4.78 is 5.75. The van der Waals surface area contributed by atoms with Gasteiger partial charge in [0.15, 0.2) is 0 Å². The summed E-state index contributed by atoms with van der Waals surface area (Å²) in [5, 5.41) is 7.62. The number of carbonyl (C=O) groups is 2. The van der Waals surface area contributed by atoms with Gasteiger partial charge in [0.25, 0.3) is 11.8 Å². The first-order chi connectivity index (χ1) is 20.6. The minimum Gasteiger partial charge on any atom is -0.380 e. The molecule has 0 bridgehead atoms. The average Bonchev–Trinajstić information content (AvgIpc) is 3.57. The van der Waals surface area contributed by atoms with Crippen molar-refractivity contribution in [3.8, 4) is 0 Å². The number of azide groups is 1. The summed E-state index contributed by atoms with van der Waals surface area (Å²) in [5.41, 5.74) is 11.6. The number of piperazine rings is 1. The molecule has 12 nitrogen and oxygen atoms in total. The van der Waals surface area contributed by atoms with E-state index in [0.717, 1.165) is 56.5 Å². The van der Waals surface area contributed by atoms with Gasteiger partial charge in [0, 0.05) is 78.8 Å². The monoisotopic (exact) mass is 565 g/mol. The molecule has 42 heavy (non-hydrogen) atoms. The molecule has 1 fully saturated rings. The summed E-state index contributed by atoms with van der Waals surface area (Å²) in [7, 11) is 0. The number of amides is 2. The third kappa shape index (κ3) is 5.55. The number of H-pyrrole nitrogens is 1. The number of aromatic amines is 1. The van der Waals surface area contributed by atoms with Crippen LogP contribution in [0.25, 0.3) is 43.4 Å². The number of ether oxygens (including phenoxy) is 1. The first kappa shape index (κ1) is 27.4. The Hall–Kier alpha value is -4.77. The Morgan fingerprint density at radius 2 is 1.67 bits per heavy atom. The van der Waals surface area contributed by atoms with Crippen LogP contribution in [0, 0.1) is 0 Å². The predicted octanol–water partition coefficient (Wildman–Crippen LogP) is 3.91. The van der Waals surface area contributed by atoms with Crippen LogP contribution < -0.4 is 10.2 Å². The molecule has 0 aliphatic carbocycles. The number of benzene rings is 2. The van der Waals surface area contributed by atoms with Crippen LogP contribution in [0.4, 0.5) is 5.95 Å². The van der Waals surface area contributed by atoms with Crippen LogP contribution in [0.5, 0.6) is 0 Å². The Bertz CT molecular complexity index is 1720. The smallest absolute Gasteiger partial charge is 0.261 e. The van der Waals surface area contributed by atoms with Crippen molar-refractivity contribution in [2.45, 2.75) is 12.8 Å². The highest BCUT2D eigenvalue weighted by molar-refractivity contribution is 6.50. The van der Waals surface area contributed by atoms with E-state index in [2.05, 4.69) is 30.1 Å². The molecule has 0 atom stereocenters. The molecule has 1 saturated heterocycles. The maximum Gasteiger partial charge on any atom is 0.261 e. The zero-order valence-electron chi connectivity index (χ0n) is 23.1. The number of fused-ring (bicyclic) bond motifs is 2. The molecular weight excluding hydrogens is 534 g/mol. The van der Waals surface area contributed by atoms with E-state index in [-0.39, 0.29) is 5.57 Å². The van der Waals surface area contributed by atoms with Crippen LogP contribution >= 0.6 is 0 Å². The van der Waals surface area contributed by atoms with Gasteiger partial charge in [0.05, 0.1) is 29.0 Å².